The Morgan fingerprint density at radius 1 is 1.56 bits per heavy atom. The fourth-order valence-electron chi connectivity index (χ4n) is 1.79. The molecule has 0 aromatic heterocycles. The molecule has 1 aliphatic rings. The predicted molar refractivity (Wildman–Crippen MR) is 63.4 cm³/mol. The molecule has 1 unspecified atom stereocenters. The minimum absolute atomic E-state index is 0.0850. The van der Waals surface area contributed by atoms with Crippen molar-refractivity contribution in [2.75, 3.05) is 0 Å². The average Bonchev–Trinajstić information content (AvgIpc) is 2.17. The van der Waals surface area contributed by atoms with E-state index in [1.807, 2.05) is 0 Å². The summed E-state index contributed by atoms with van der Waals surface area (Å²) in [6, 6.07) is 0. The number of carboxylic acids is 1. The quantitative estimate of drug-likeness (QED) is 0.731. The summed E-state index contributed by atoms with van der Waals surface area (Å²) in [7, 11) is 0. The molecule has 3 nitrogen and oxygen atoms in total. The lowest BCUT2D eigenvalue weighted by Crippen LogP contribution is -2.29. The monoisotopic (exact) mass is 244 g/mol. The second-order valence-corrected chi connectivity index (χ2v) is 4.65. The van der Waals surface area contributed by atoms with E-state index >= 15 is 0 Å². The molecule has 0 aromatic carbocycles. The summed E-state index contributed by atoms with van der Waals surface area (Å²) < 4.78 is 0. The highest BCUT2D eigenvalue weighted by atomic mass is 35.5. The minimum Gasteiger partial charge on any atom is -0.478 e. The van der Waals surface area contributed by atoms with Gasteiger partial charge in [-0.05, 0) is 12.5 Å². The molecule has 90 valence electrons. The van der Waals surface area contributed by atoms with Crippen LogP contribution in [-0.4, -0.2) is 21.8 Å². The Bertz CT molecular complexity index is 333. The summed E-state index contributed by atoms with van der Waals surface area (Å²) in [6.45, 7) is 2.09. The van der Waals surface area contributed by atoms with E-state index in [1.165, 1.54) is 6.08 Å². The van der Waals surface area contributed by atoms with Crippen LogP contribution in [0.15, 0.2) is 22.8 Å². The normalized spacial score (nSPS) is 24.9. The maximum atomic E-state index is 10.8. The molecule has 0 saturated heterocycles. The van der Waals surface area contributed by atoms with Gasteiger partial charge in [0.05, 0.1) is 11.2 Å². The van der Waals surface area contributed by atoms with Crippen LogP contribution in [0.25, 0.3) is 0 Å². The third kappa shape index (κ3) is 3.35. The van der Waals surface area contributed by atoms with Crippen molar-refractivity contribution >= 4 is 17.6 Å². The van der Waals surface area contributed by atoms with E-state index in [0.29, 0.717) is 6.42 Å². The van der Waals surface area contributed by atoms with Crippen molar-refractivity contribution in [1.82, 2.24) is 0 Å². The lowest BCUT2D eigenvalue weighted by Gasteiger charge is -2.27. The molecule has 0 aliphatic heterocycles. The van der Waals surface area contributed by atoms with Gasteiger partial charge in [0.2, 0.25) is 0 Å². The van der Waals surface area contributed by atoms with Gasteiger partial charge in [0.25, 0.3) is 0 Å². The Kier molecular flexibility index (Phi) is 4.56. The first-order valence-electron chi connectivity index (χ1n) is 5.52. The van der Waals surface area contributed by atoms with Gasteiger partial charge in [0.1, 0.15) is 0 Å². The first-order valence-corrected chi connectivity index (χ1v) is 5.90. The first kappa shape index (κ1) is 13.3. The summed E-state index contributed by atoms with van der Waals surface area (Å²) in [5.74, 6) is -1.04. The predicted octanol–water partition coefficient (Wildman–Crippen LogP) is 2.84. The molecule has 0 aromatic rings. The third-order valence-corrected chi connectivity index (χ3v) is 3.09. The molecule has 0 fully saturated rings. The number of carbonyl (C=O) groups is 1. The molecule has 0 saturated carbocycles. The standard InChI is InChI=1S/C12H17ClO3/c1-2-3-4-6-12(16)7-5-9(11(14)15)10(13)8-12/h5,7,16H,2-4,6,8H2,1H3,(H,14,15). The van der Waals surface area contributed by atoms with Crippen LogP contribution in [-0.2, 0) is 4.79 Å². The number of hydrogen-bond donors (Lipinski definition) is 2. The molecule has 0 spiro atoms. The SMILES string of the molecule is CCCCCC1(O)C=CC(C(=O)O)=C(Cl)C1. The average molecular weight is 245 g/mol. The van der Waals surface area contributed by atoms with Crippen LogP contribution in [0.3, 0.4) is 0 Å². The minimum atomic E-state index is -1.04. The van der Waals surface area contributed by atoms with E-state index in [2.05, 4.69) is 6.92 Å². The molecule has 4 heteroatoms. The molecule has 0 radical (unpaired) electrons. The lowest BCUT2D eigenvalue weighted by atomic mass is 9.87. The molecule has 1 rings (SSSR count). The van der Waals surface area contributed by atoms with Gasteiger partial charge in [-0.15, -0.1) is 0 Å². The summed E-state index contributed by atoms with van der Waals surface area (Å²) in [5, 5.41) is 19.2. The van der Waals surface area contributed by atoms with E-state index < -0.39 is 11.6 Å². The first-order chi connectivity index (χ1) is 7.48. The zero-order valence-electron chi connectivity index (χ0n) is 9.37. The fourth-order valence-corrected chi connectivity index (χ4v) is 2.17. The highest BCUT2D eigenvalue weighted by Crippen LogP contribution is 2.33. The van der Waals surface area contributed by atoms with Gasteiger partial charge in [-0.2, -0.15) is 0 Å². The van der Waals surface area contributed by atoms with Crippen LogP contribution >= 0.6 is 11.6 Å². The van der Waals surface area contributed by atoms with Crippen molar-refractivity contribution in [3.63, 3.8) is 0 Å². The summed E-state index contributed by atoms with van der Waals surface area (Å²) >= 11 is 5.86. The largest absolute Gasteiger partial charge is 0.478 e. The Morgan fingerprint density at radius 3 is 2.75 bits per heavy atom. The molecular formula is C12H17ClO3. The van der Waals surface area contributed by atoms with E-state index in [9.17, 15) is 9.90 Å². The number of halogens is 1. The van der Waals surface area contributed by atoms with Gasteiger partial charge >= 0.3 is 5.97 Å². The Labute approximate surface area is 100 Å². The van der Waals surface area contributed by atoms with E-state index in [4.69, 9.17) is 16.7 Å². The van der Waals surface area contributed by atoms with Crippen molar-refractivity contribution in [3.05, 3.63) is 22.8 Å². The van der Waals surface area contributed by atoms with Gasteiger partial charge in [0, 0.05) is 11.5 Å². The molecule has 1 atom stereocenters. The number of rotatable bonds is 5. The van der Waals surface area contributed by atoms with Crippen molar-refractivity contribution < 1.29 is 15.0 Å². The zero-order valence-corrected chi connectivity index (χ0v) is 10.1. The number of aliphatic hydroxyl groups is 1. The maximum Gasteiger partial charge on any atom is 0.336 e. The second kappa shape index (κ2) is 5.51. The van der Waals surface area contributed by atoms with Gasteiger partial charge in [-0.1, -0.05) is 43.9 Å². The van der Waals surface area contributed by atoms with Crippen LogP contribution in [0.2, 0.25) is 0 Å². The van der Waals surface area contributed by atoms with Crippen LogP contribution in [0, 0.1) is 0 Å². The Balaban J connectivity index is 2.64. The topological polar surface area (TPSA) is 57.5 Å². The molecule has 0 amide bonds. The molecule has 16 heavy (non-hydrogen) atoms. The van der Waals surface area contributed by atoms with E-state index in [0.717, 1.165) is 19.3 Å². The number of unbranched alkanes of at least 4 members (excludes halogenated alkanes) is 2. The smallest absolute Gasteiger partial charge is 0.336 e. The van der Waals surface area contributed by atoms with Crippen LogP contribution in [0.5, 0.6) is 0 Å². The molecule has 1 aliphatic carbocycles. The van der Waals surface area contributed by atoms with Gasteiger partial charge in [0.15, 0.2) is 0 Å². The highest BCUT2D eigenvalue weighted by Gasteiger charge is 2.30. The molecular weight excluding hydrogens is 228 g/mol. The van der Waals surface area contributed by atoms with Crippen molar-refractivity contribution in [1.29, 1.82) is 0 Å². The number of hydrogen-bond acceptors (Lipinski definition) is 2. The van der Waals surface area contributed by atoms with E-state index in [-0.39, 0.29) is 17.0 Å². The fraction of sp³-hybridized carbons (Fsp3) is 0.583. The maximum absolute atomic E-state index is 10.8. The summed E-state index contributed by atoms with van der Waals surface area (Å²) in [4.78, 5) is 10.8. The lowest BCUT2D eigenvalue weighted by molar-refractivity contribution is -0.132. The number of carboxylic acid groups (broad SMARTS) is 1. The van der Waals surface area contributed by atoms with E-state index in [1.54, 1.807) is 6.08 Å². The number of aliphatic carboxylic acids is 1. The highest BCUT2D eigenvalue weighted by molar-refractivity contribution is 6.32. The van der Waals surface area contributed by atoms with Crippen LogP contribution in [0.4, 0.5) is 0 Å². The Hall–Kier alpha value is -0.800. The molecule has 2 N–H and O–H groups in total. The third-order valence-electron chi connectivity index (χ3n) is 2.76. The van der Waals surface area contributed by atoms with Crippen molar-refractivity contribution in [2.45, 2.75) is 44.6 Å². The molecule has 0 bridgehead atoms. The summed E-state index contributed by atoms with van der Waals surface area (Å²) in [6.07, 6.45) is 6.85. The zero-order chi connectivity index (χ0) is 12.2. The van der Waals surface area contributed by atoms with Crippen LogP contribution in [0.1, 0.15) is 39.0 Å². The Morgan fingerprint density at radius 2 is 2.25 bits per heavy atom. The summed E-state index contributed by atoms with van der Waals surface area (Å²) in [5.41, 5.74) is -0.882. The van der Waals surface area contributed by atoms with Crippen molar-refractivity contribution in [2.24, 2.45) is 0 Å². The van der Waals surface area contributed by atoms with Gasteiger partial charge in [-0.3, -0.25) is 0 Å². The van der Waals surface area contributed by atoms with Crippen LogP contribution < -0.4 is 0 Å². The van der Waals surface area contributed by atoms with Gasteiger partial charge in [-0.25, -0.2) is 4.79 Å². The van der Waals surface area contributed by atoms with Gasteiger partial charge < -0.3 is 10.2 Å². The van der Waals surface area contributed by atoms with Crippen molar-refractivity contribution in [3.8, 4) is 0 Å². The molecule has 0 heterocycles. The second-order valence-electron chi connectivity index (χ2n) is 4.19.